The van der Waals surface area contributed by atoms with E-state index in [9.17, 15) is 0 Å². The standard InChI is InChI=1S/C12H17NS/c1-7(2)9-5-10-11(6-9)14-12(13-10)8(3)4/h5,7-8H,6H2,1-4H3. The van der Waals surface area contributed by atoms with Crippen molar-refractivity contribution in [3.05, 3.63) is 21.2 Å². The van der Waals surface area contributed by atoms with Gasteiger partial charge in [-0.2, -0.15) is 0 Å². The minimum Gasteiger partial charge on any atom is -0.241 e. The van der Waals surface area contributed by atoms with Crippen LogP contribution in [-0.4, -0.2) is 4.98 Å². The second-order valence-corrected chi connectivity index (χ2v) is 5.68. The average molecular weight is 207 g/mol. The van der Waals surface area contributed by atoms with Gasteiger partial charge in [-0.25, -0.2) is 4.98 Å². The smallest absolute Gasteiger partial charge is 0.0960 e. The summed E-state index contributed by atoms with van der Waals surface area (Å²) in [4.78, 5) is 6.13. The van der Waals surface area contributed by atoms with Gasteiger partial charge in [0.05, 0.1) is 10.7 Å². The second kappa shape index (κ2) is 3.50. The lowest BCUT2D eigenvalue weighted by Crippen LogP contribution is -1.92. The molecule has 1 aliphatic carbocycles. The lowest BCUT2D eigenvalue weighted by atomic mass is 10.0. The van der Waals surface area contributed by atoms with Crippen molar-refractivity contribution in [2.75, 3.05) is 0 Å². The van der Waals surface area contributed by atoms with Crippen LogP contribution in [0.2, 0.25) is 0 Å². The van der Waals surface area contributed by atoms with Gasteiger partial charge in [0.25, 0.3) is 0 Å². The molecule has 0 saturated heterocycles. The van der Waals surface area contributed by atoms with Crippen molar-refractivity contribution < 1.29 is 0 Å². The fraction of sp³-hybridized carbons (Fsp3) is 0.583. The topological polar surface area (TPSA) is 12.9 Å². The molecule has 76 valence electrons. The van der Waals surface area contributed by atoms with Crippen LogP contribution in [0.4, 0.5) is 0 Å². The Morgan fingerprint density at radius 1 is 1.21 bits per heavy atom. The summed E-state index contributed by atoms with van der Waals surface area (Å²) in [7, 11) is 0. The van der Waals surface area contributed by atoms with Gasteiger partial charge in [-0.1, -0.05) is 33.3 Å². The number of nitrogens with zero attached hydrogens (tertiary/aromatic N) is 1. The van der Waals surface area contributed by atoms with Crippen LogP contribution in [0.3, 0.4) is 0 Å². The third-order valence-corrected chi connectivity index (χ3v) is 4.04. The van der Waals surface area contributed by atoms with Crippen LogP contribution in [0.1, 0.15) is 49.2 Å². The van der Waals surface area contributed by atoms with Gasteiger partial charge in [0.15, 0.2) is 0 Å². The molecule has 0 spiro atoms. The number of hydrogen-bond acceptors (Lipinski definition) is 2. The maximum absolute atomic E-state index is 4.67. The third kappa shape index (κ3) is 1.63. The molecule has 0 atom stereocenters. The summed E-state index contributed by atoms with van der Waals surface area (Å²) >= 11 is 1.89. The van der Waals surface area contributed by atoms with Gasteiger partial charge < -0.3 is 0 Å². The van der Waals surface area contributed by atoms with E-state index in [1.165, 1.54) is 21.2 Å². The van der Waals surface area contributed by atoms with E-state index in [4.69, 9.17) is 0 Å². The fourth-order valence-corrected chi connectivity index (χ4v) is 2.73. The average Bonchev–Trinajstić information content (AvgIpc) is 2.57. The molecular weight excluding hydrogens is 190 g/mol. The van der Waals surface area contributed by atoms with Gasteiger partial charge in [-0.15, -0.1) is 11.3 Å². The highest BCUT2D eigenvalue weighted by Crippen LogP contribution is 2.35. The number of hydrogen-bond donors (Lipinski definition) is 0. The van der Waals surface area contributed by atoms with E-state index in [2.05, 4.69) is 38.8 Å². The fourth-order valence-electron chi connectivity index (χ4n) is 1.65. The van der Waals surface area contributed by atoms with E-state index in [1.54, 1.807) is 0 Å². The molecule has 2 heteroatoms. The van der Waals surface area contributed by atoms with Crippen molar-refractivity contribution >= 4 is 17.4 Å². The van der Waals surface area contributed by atoms with Crippen LogP contribution >= 0.6 is 11.3 Å². The summed E-state index contributed by atoms with van der Waals surface area (Å²) < 4.78 is 0. The SMILES string of the molecule is CC(C)C1=Cc2nc(C(C)C)sc2C1. The first-order valence-electron chi connectivity index (χ1n) is 5.28. The molecule has 0 aromatic carbocycles. The number of thiazole rings is 1. The summed E-state index contributed by atoms with van der Waals surface area (Å²) in [5.41, 5.74) is 2.77. The minimum atomic E-state index is 0.571. The van der Waals surface area contributed by atoms with Crippen molar-refractivity contribution in [3.63, 3.8) is 0 Å². The number of aromatic nitrogens is 1. The monoisotopic (exact) mass is 207 g/mol. The van der Waals surface area contributed by atoms with E-state index in [0.29, 0.717) is 11.8 Å². The van der Waals surface area contributed by atoms with Crippen molar-refractivity contribution in [3.8, 4) is 0 Å². The predicted molar refractivity (Wildman–Crippen MR) is 62.7 cm³/mol. The molecule has 0 N–H and O–H groups in total. The zero-order valence-corrected chi connectivity index (χ0v) is 10.1. The maximum Gasteiger partial charge on any atom is 0.0960 e. The van der Waals surface area contributed by atoms with E-state index in [-0.39, 0.29) is 0 Å². The van der Waals surface area contributed by atoms with Crippen LogP contribution in [-0.2, 0) is 6.42 Å². The first-order valence-corrected chi connectivity index (χ1v) is 6.09. The van der Waals surface area contributed by atoms with Crippen LogP contribution in [0.5, 0.6) is 0 Å². The summed E-state index contributed by atoms with van der Waals surface area (Å²) in [5.74, 6) is 1.24. The third-order valence-electron chi connectivity index (χ3n) is 2.67. The van der Waals surface area contributed by atoms with Crippen LogP contribution in [0.15, 0.2) is 5.57 Å². The predicted octanol–water partition coefficient (Wildman–Crippen LogP) is 3.86. The molecule has 0 unspecified atom stereocenters. The molecular formula is C12H17NS. The van der Waals surface area contributed by atoms with Crippen LogP contribution in [0.25, 0.3) is 6.08 Å². The maximum atomic E-state index is 4.67. The van der Waals surface area contributed by atoms with Crippen molar-refractivity contribution in [1.82, 2.24) is 4.98 Å². The Hall–Kier alpha value is -0.630. The number of allylic oxidation sites excluding steroid dienone is 1. The van der Waals surface area contributed by atoms with Gasteiger partial charge in [0.2, 0.25) is 0 Å². The quantitative estimate of drug-likeness (QED) is 0.717. The van der Waals surface area contributed by atoms with Gasteiger partial charge in [-0.3, -0.25) is 0 Å². The molecule has 14 heavy (non-hydrogen) atoms. The lowest BCUT2D eigenvalue weighted by molar-refractivity contribution is 0.756. The molecule has 1 aliphatic rings. The molecule has 0 fully saturated rings. The van der Waals surface area contributed by atoms with E-state index in [0.717, 1.165) is 6.42 Å². The minimum absolute atomic E-state index is 0.571. The Labute approximate surface area is 89.9 Å². The molecule has 0 aliphatic heterocycles. The lowest BCUT2D eigenvalue weighted by Gasteiger charge is -2.04. The molecule has 2 rings (SSSR count). The summed E-state index contributed by atoms with van der Waals surface area (Å²) in [6.45, 7) is 8.93. The number of rotatable bonds is 2. The van der Waals surface area contributed by atoms with E-state index < -0.39 is 0 Å². The highest BCUT2D eigenvalue weighted by Gasteiger charge is 2.20. The Kier molecular flexibility index (Phi) is 2.48. The largest absolute Gasteiger partial charge is 0.241 e. The highest BCUT2D eigenvalue weighted by molar-refractivity contribution is 7.12. The summed E-state index contributed by atoms with van der Waals surface area (Å²) in [5, 5.41) is 1.29. The van der Waals surface area contributed by atoms with E-state index in [1.807, 2.05) is 11.3 Å². The second-order valence-electron chi connectivity index (χ2n) is 4.57. The summed E-state index contributed by atoms with van der Waals surface area (Å²) in [6.07, 6.45) is 3.42. The molecule has 0 radical (unpaired) electrons. The molecule has 1 heterocycles. The molecule has 1 aromatic heterocycles. The Bertz CT molecular complexity index is 372. The Morgan fingerprint density at radius 2 is 1.93 bits per heavy atom. The number of fused-ring (bicyclic) bond motifs is 1. The summed E-state index contributed by atoms with van der Waals surface area (Å²) in [6, 6.07) is 0. The van der Waals surface area contributed by atoms with Crippen molar-refractivity contribution in [2.45, 2.75) is 40.0 Å². The molecule has 1 nitrogen and oxygen atoms in total. The first-order chi connectivity index (χ1) is 6.58. The Balaban J connectivity index is 2.28. The Morgan fingerprint density at radius 3 is 2.43 bits per heavy atom. The van der Waals surface area contributed by atoms with E-state index >= 15 is 0 Å². The highest BCUT2D eigenvalue weighted by atomic mass is 32.1. The van der Waals surface area contributed by atoms with Crippen LogP contribution in [0, 0.1) is 5.92 Å². The van der Waals surface area contributed by atoms with Gasteiger partial charge in [0, 0.05) is 17.2 Å². The molecule has 0 saturated carbocycles. The zero-order valence-electron chi connectivity index (χ0n) is 9.29. The van der Waals surface area contributed by atoms with Crippen molar-refractivity contribution in [1.29, 1.82) is 0 Å². The van der Waals surface area contributed by atoms with Crippen LogP contribution < -0.4 is 0 Å². The molecule has 0 bridgehead atoms. The molecule has 1 aromatic rings. The first kappa shape index (κ1) is 9.91. The zero-order chi connectivity index (χ0) is 10.3. The van der Waals surface area contributed by atoms with Crippen molar-refractivity contribution in [2.24, 2.45) is 5.92 Å². The van der Waals surface area contributed by atoms with Gasteiger partial charge in [-0.05, 0) is 12.0 Å². The van der Waals surface area contributed by atoms with Gasteiger partial charge in [0.1, 0.15) is 0 Å². The molecule has 0 amide bonds. The van der Waals surface area contributed by atoms with Gasteiger partial charge >= 0.3 is 0 Å². The normalized spacial score (nSPS) is 15.1.